The van der Waals surface area contributed by atoms with Crippen molar-refractivity contribution in [2.75, 3.05) is 19.4 Å². The van der Waals surface area contributed by atoms with Crippen LogP contribution in [0.3, 0.4) is 0 Å². The largest absolute Gasteiger partial charge is 0.338 e. The first-order chi connectivity index (χ1) is 15.2. The lowest BCUT2D eigenvalue weighted by atomic mass is 10.0. The zero-order valence-corrected chi connectivity index (χ0v) is 19.7. The molecule has 0 saturated heterocycles. The van der Waals surface area contributed by atoms with Crippen LogP contribution in [-0.2, 0) is 10.0 Å². The van der Waals surface area contributed by atoms with E-state index in [1.165, 1.54) is 18.4 Å². The van der Waals surface area contributed by atoms with Gasteiger partial charge in [0.25, 0.3) is 0 Å². The van der Waals surface area contributed by atoms with Crippen molar-refractivity contribution in [1.29, 1.82) is 0 Å². The van der Waals surface area contributed by atoms with E-state index in [1.807, 2.05) is 50.2 Å². The van der Waals surface area contributed by atoms with Crippen LogP contribution in [0.4, 0.5) is 11.5 Å². The van der Waals surface area contributed by atoms with Crippen LogP contribution in [0.5, 0.6) is 0 Å². The van der Waals surface area contributed by atoms with Crippen LogP contribution < -0.4 is 5.32 Å². The number of nitrogens with zero attached hydrogens (tertiary/aromatic N) is 3. The summed E-state index contributed by atoms with van der Waals surface area (Å²) in [6.45, 7) is 5.89. The number of fused-ring (bicyclic) bond motifs is 1. The van der Waals surface area contributed by atoms with Gasteiger partial charge in [0.15, 0.2) is 5.82 Å². The molecule has 0 spiro atoms. The maximum atomic E-state index is 12.8. The highest BCUT2D eigenvalue weighted by molar-refractivity contribution is 7.89. The van der Waals surface area contributed by atoms with E-state index in [9.17, 15) is 8.42 Å². The maximum Gasteiger partial charge on any atom is 0.242 e. The van der Waals surface area contributed by atoms with Gasteiger partial charge in [0, 0.05) is 36.1 Å². The van der Waals surface area contributed by atoms with Gasteiger partial charge in [-0.2, -0.15) is 0 Å². The third-order valence-electron chi connectivity index (χ3n) is 5.55. The standard InChI is InChI=1S/C25H26N4O2S/c1-16-10-11-17(2)22(14-16)26-25-21-9-7-6-8-20(21)24(27-28-25)19-13-12-18(3)23(15-19)32(30,31)29(4)5/h6-15H,1-5H3,(H,26,28). The Morgan fingerprint density at radius 2 is 1.50 bits per heavy atom. The van der Waals surface area contributed by atoms with E-state index < -0.39 is 10.0 Å². The summed E-state index contributed by atoms with van der Waals surface area (Å²) in [6.07, 6.45) is 0. The van der Waals surface area contributed by atoms with Gasteiger partial charge in [0.1, 0.15) is 5.69 Å². The summed E-state index contributed by atoms with van der Waals surface area (Å²) in [5.74, 6) is 0.659. The molecule has 0 aliphatic heterocycles. The number of aryl methyl sites for hydroxylation is 3. The molecule has 0 bridgehead atoms. The highest BCUT2D eigenvalue weighted by Gasteiger charge is 2.21. The number of anilines is 2. The Morgan fingerprint density at radius 1 is 0.812 bits per heavy atom. The van der Waals surface area contributed by atoms with E-state index in [-0.39, 0.29) is 4.90 Å². The van der Waals surface area contributed by atoms with Crippen molar-refractivity contribution in [3.8, 4) is 11.3 Å². The van der Waals surface area contributed by atoms with Crippen molar-refractivity contribution in [3.63, 3.8) is 0 Å². The number of benzene rings is 3. The fourth-order valence-electron chi connectivity index (χ4n) is 3.63. The normalized spacial score (nSPS) is 11.8. The van der Waals surface area contributed by atoms with Gasteiger partial charge in [-0.3, -0.25) is 0 Å². The molecule has 0 radical (unpaired) electrons. The summed E-state index contributed by atoms with van der Waals surface area (Å²) in [5, 5.41) is 14.2. The highest BCUT2D eigenvalue weighted by Crippen LogP contribution is 2.33. The van der Waals surface area contributed by atoms with Crippen molar-refractivity contribution >= 4 is 32.3 Å². The monoisotopic (exact) mass is 446 g/mol. The van der Waals surface area contributed by atoms with Crippen molar-refractivity contribution < 1.29 is 8.42 Å². The minimum absolute atomic E-state index is 0.267. The van der Waals surface area contributed by atoms with Crippen LogP contribution in [0.2, 0.25) is 0 Å². The summed E-state index contributed by atoms with van der Waals surface area (Å²) in [4.78, 5) is 0.267. The van der Waals surface area contributed by atoms with Crippen LogP contribution in [0, 0.1) is 20.8 Å². The first kappa shape index (κ1) is 21.9. The molecule has 7 heteroatoms. The molecule has 164 valence electrons. The Kier molecular flexibility index (Phi) is 5.71. The van der Waals surface area contributed by atoms with Crippen LogP contribution in [-0.4, -0.2) is 37.0 Å². The number of hydrogen-bond acceptors (Lipinski definition) is 5. The predicted octanol–water partition coefficient (Wildman–Crippen LogP) is 5.22. The van der Waals surface area contributed by atoms with Gasteiger partial charge in [-0.05, 0) is 49.6 Å². The molecule has 1 N–H and O–H groups in total. The first-order valence-corrected chi connectivity index (χ1v) is 11.8. The van der Waals surface area contributed by atoms with Crippen molar-refractivity contribution in [2.24, 2.45) is 0 Å². The summed E-state index contributed by atoms with van der Waals surface area (Å²) in [6, 6.07) is 19.5. The summed E-state index contributed by atoms with van der Waals surface area (Å²) in [5.41, 5.74) is 5.28. The molecule has 3 aromatic carbocycles. The lowest BCUT2D eigenvalue weighted by molar-refractivity contribution is 0.520. The summed E-state index contributed by atoms with van der Waals surface area (Å²) < 4.78 is 26.8. The molecule has 0 aliphatic rings. The number of hydrogen-bond donors (Lipinski definition) is 1. The quantitative estimate of drug-likeness (QED) is 0.455. The van der Waals surface area contributed by atoms with Crippen molar-refractivity contribution in [2.45, 2.75) is 25.7 Å². The molecule has 6 nitrogen and oxygen atoms in total. The average molecular weight is 447 g/mol. The number of nitrogens with one attached hydrogen (secondary N) is 1. The van der Waals surface area contributed by atoms with Gasteiger partial charge in [-0.15, -0.1) is 10.2 Å². The molecule has 0 atom stereocenters. The zero-order chi connectivity index (χ0) is 23.0. The van der Waals surface area contributed by atoms with Gasteiger partial charge in [0.2, 0.25) is 10.0 Å². The number of rotatable bonds is 5. The van der Waals surface area contributed by atoms with Gasteiger partial charge >= 0.3 is 0 Å². The topological polar surface area (TPSA) is 75.2 Å². The van der Waals surface area contributed by atoms with E-state index in [1.54, 1.807) is 13.0 Å². The van der Waals surface area contributed by atoms with Crippen molar-refractivity contribution in [3.05, 3.63) is 77.4 Å². The third-order valence-corrected chi connectivity index (χ3v) is 7.51. The fourth-order valence-corrected chi connectivity index (χ4v) is 4.77. The maximum absolute atomic E-state index is 12.8. The van der Waals surface area contributed by atoms with E-state index in [2.05, 4.69) is 33.7 Å². The van der Waals surface area contributed by atoms with E-state index in [0.29, 0.717) is 22.6 Å². The Hall–Kier alpha value is -3.29. The second-order valence-corrected chi connectivity index (χ2v) is 10.3. The minimum Gasteiger partial charge on any atom is -0.338 e. The number of aromatic nitrogens is 2. The number of sulfonamides is 1. The van der Waals surface area contributed by atoms with Crippen LogP contribution in [0.1, 0.15) is 16.7 Å². The Bertz CT molecular complexity index is 1430. The van der Waals surface area contributed by atoms with Gasteiger partial charge in [0.05, 0.1) is 4.90 Å². The zero-order valence-electron chi connectivity index (χ0n) is 18.8. The highest BCUT2D eigenvalue weighted by atomic mass is 32.2. The fraction of sp³-hybridized carbons (Fsp3) is 0.200. The Morgan fingerprint density at radius 3 is 2.22 bits per heavy atom. The summed E-state index contributed by atoms with van der Waals surface area (Å²) >= 11 is 0. The molecular weight excluding hydrogens is 420 g/mol. The Balaban J connectivity index is 1.86. The second kappa shape index (κ2) is 8.33. The molecule has 4 rings (SSSR count). The molecule has 0 aliphatic carbocycles. The lowest BCUT2D eigenvalue weighted by Crippen LogP contribution is -2.23. The predicted molar refractivity (Wildman–Crippen MR) is 130 cm³/mol. The molecule has 4 aromatic rings. The smallest absolute Gasteiger partial charge is 0.242 e. The third kappa shape index (κ3) is 3.97. The molecule has 0 unspecified atom stereocenters. The van der Waals surface area contributed by atoms with Gasteiger partial charge in [-0.25, -0.2) is 12.7 Å². The molecule has 32 heavy (non-hydrogen) atoms. The molecule has 0 saturated carbocycles. The first-order valence-electron chi connectivity index (χ1n) is 10.3. The van der Waals surface area contributed by atoms with E-state index in [0.717, 1.165) is 27.6 Å². The van der Waals surface area contributed by atoms with E-state index in [4.69, 9.17) is 0 Å². The molecular formula is C25H26N4O2S. The molecule has 1 heterocycles. The van der Waals surface area contributed by atoms with Gasteiger partial charge in [-0.1, -0.05) is 48.5 Å². The molecule has 0 fully saturated rings. The Labute approximate surface area is 189 Å². The average Bonchev–Trinajstić information content (AvgIpc) is 2.77. The van der Waals surface area contributed by atoms with Crippen LogP contribution in [0.25, 0.3) is 22.0 Å². The lowest BCUT2D eigenvalue weighted by Gasteiger charge is -2.16. The minimum atomic E-state index is -3.58. The molecule has 1 aromatic heterocycles. The van der Waals surface area contributed by atoms with Crippen LogP contribution in [0.15, 0.2) is 65.6 Å². The molecule has 0 amide bonds. The second-order valence-electron chi connectivity index (χ2n) is 8.15. The van der Waals surface area contributed by atoms with Crippen molar-refractivity contribution in [1.82, 2.24) is 14.5 Å². The summed E-state index contributed by atoms with van der Waals surface area (Å²) in [7, 11) is -0.512. The van der Waals surface area contributed by atoms with E-state index >= 15 is 0 Å². The van der Waals surface area contributed by atoms with Crippen LogP contribution >= 0.6 is 0 Å². The van der Waals surface area contributed by atoms with Gasteiger partial charge < -0.3 is 5.32 Å². The SMILES string of the molecule is Cc1ccc(C)c(Nc2nnc(-c3ccc(C)c(S(=O)(=O)N(C)C)c3)c3ccccc23)c1.